The molecule has 0 N–H and O–H groups in total. The van der Waals surface area contributed by atoms with Crippen molar-refractivity contribution in [3.8, 4) is 0 Å². The Kier molecular flexibility index (Phi) is 10.0. The molecule has 4 nitrogen and oxygen atoms in total. The molecule has 0 atom stereocenters. The van der Waals surface area contributed by atoms with Gasteiger partial charge in [-0.05, 0) is 51.9 Å². The maximum atomic E-state index is 12.1. The van der Waals surface area contributed by atoms with Gasteiger partial charge in [0.15, 0.2) is 0 Å². The minimum atomic E-state index is -0.113. The standard InChI is InChI=1S/C20H36O4/c1-15(2)9-7-5-6-8-14-23-19(21)17-10-12-18(13-11-17)20(22)24-16(3)4/h15-18H,5-14H2,1-4H3. The van der Waals surface area contributed by atoms with Gasteiger partial charge in [-0.25, -0.2) is 0 Å². The van der Waals surface area contributed by atoms with Crippen molar-refractivity contribution in [1.82, 2.24) is 0 Å². The summed E-state index contributed by atoms with van der Waals surface area (Å²) >= 11 is 0. The summed E-state index contributed by atoms with van der Waals surface area (Å²) in [6.07, 6.45) is 8.74. The molecule has 1 aliphatic rings. The molecule has 4 heteroatoms. The van der Waals surface area contributed by atoms with Gasteiger partial charge in [0, 0.05) is 0 Å². The van der Waals surface area contributed by atoms with E-state index in [1.165, 1.54) is 19.3 Å². The normalized spacial score (nSPS) is 21.1. The van der Waals surface area contributed by atoms with Crippen LogP contribution in [0.4, 0.5) is 0 Å². The Balaban J connectivity index is 2.10. The highest BCUT2D eigenvalue weighted by molar-refractivity contribution is 5.75. The fraction of sp³-hybridized carbons (Fsp3) is 0.900. The summed E-state index contributed by atoms with van der Waals surface area (Å²) in [5.74, 6) is 0.508. The van der Waals surface area contributed by atoms with Crippen molar-refractivity contribution in [2.24, 2.45) is 17.8 Å². The van der Waals surface area contributed by atoms with Crippen LogP contribution in [0, 0.1) is 17.8 Å². The summed E-state index contributed by atoms with van der Waals surface area (Å²) in [6.45, 7) is 8.77. The lowest BCUT2D eigenvalue weighted by atomic mass is 9.82. The molecule has 1 saturated carbocycles. The van der Waals surface area contributed by atoms with Crippen molar-refractivity contribution < 1.29 is 19.1 Å². The molecule has 1 fully saturated rings. The van der Waals surface area contributed by atoms with Gasteiger partial charge in [0.1, 0.15) is 0 Å². The van der Waals surface area contributed by atoms with Crippen molar-refractivity contribution in [2.75, 3.05) is 6.61 Å². The summed E-state index contributed by atoms with van der Waals surface area (Å²) in [7, 11) is 0. The topological polar surface area (TPSA) is 52.6 Å². The van der Waals surface area contributed by atoms with Crippen molar-refractivity contribution in [2.45, 2.75) is 91.6 Å². The Hall–Kier alpha value is -1.06. The molecule has 24 heavy (non-hydrogen) atoms. The van der Waals surface area contributed by atoms with Crippen molar-refractivity contribution in [3.63, 3.8) is 0 Å². The molecule has 0 amide bonds. The van der Waals surface area contributed by atoms with Crippen LogP contribution in [0.2, 0.25) is 0 Å². The van der Waals surface area contributed by atoms with Crippen LogP contribution in [0.1, 0.15) is 85.5 Å². The first-order chi connectivity index (χ1) is 11.4. The molecule has 0 unspecified atom stereocenters. The van der Waals surface area contributed by atoms with E-state index in [2.05, 4.69) is 13.8 Å². The van der Waals surface area contributed by atoms with Crippen molar-refractivity contribution >= 4 is 11.9 Å². The minimum absolute atomic E-state index is 0.0333. The van der Waals surface area contributed by atoms with Crippen LogP contribution in [0.15, 0.2) is 0 Å². The molecule has 1 rings (SSSR count). The van der Waals surface area contributed by atoms with E-state index in [1.54, 1.807) is 0 Å². The maximum Gasteiger partial charge on any atom is 0.309 e. The van der Waals surface area contributed by atoms with E-state index in [0.29, 0.717) is 6.61 Å². The Bertz CT molecular complexity index is 368. The highest BCUT2D eigenvalue weighted by atomic mass is 16.5. The van der Waals surface area contributed by atoms with Gasteiger partial charge in [-0.3, -0.25) is 9.59 Å². The van der Waals surface area contributed by atoms with E-state index < -0.39 is 0 Å². The molecular formula is C20H36O4. The fourth-order valence-corrected chi connectivity index (χ4v) is 3.19. The molecule has 0 aromatic carbocycles. The summed E-state index contributed by atoms with van der Waals surface area (Å²) in [5.41, 5.74) is 0. The smallest absolute Gasteiger partial charge is 0.309 e. The number of carbonyl (C=O) groups excluding carboxylic acids is 2. The number of hydrogen-bond acceptors (Lipinski definition) is 4. The zero-order valence-electron chi connectivity index (χ0n) is 16.0. The quantitative estimate of drug-likeness (QED) is 0.419. The first-order valence-electron chi connectivity index (χ1n) is 9.77. The second-order valence-corrected chi connectivity index (χ2v) is 7.80. The SMILES string of the molecule is CC(C)CCCCCCOC(=O)C1CCC(C(=O)OC(C)C)CC1. The summed E-state index contributed by atoms with van der Waals surface area (Å²) in [4.78, 5) is 24.0. The molecular weight excluding hydrogens is 304 g/mol. The van der Waals surface area contributed by atoms with Crippen LogP contribution in [0.25, 0.3) is 0 Å². The lowest BCUT2D eigenvalue weighted by Crippen LogP contribution is -2.29. The van der Waals surface area contributed by atoms with Gasteiger partial charge in [-0.15, -0.1) is 0 Å². The molecule has 0 radical (unpaired) electrons. The number of ether oxygens (including phenoxy) is 2. The number of rotatable bonds is 10. The predicted molar refractivity (Wildman–Crippen MR) is 95.6 cm³/mol. The van der Waals surface area contributed by atoms with E-state index in [9.17, 15) is 9.59 Å². The van der Waals surface area contributed by atoms with E-state index in [1.807, 2.05) is 13.8 Å². The van der Waals surface area contributed by atoms with Gasteiger partial charge in [-0.2, -0.15) is 0 Å². The lowest BCUT2D eigenvalue weighted by molar-refractivity contribution is -0.157. The number of carbonyl (C=O) groups is 2. The number of hydrogen-bond donors (Lipinski definition) is 0. The van der Waals surface area contributed by atoms with E-state index in [0.717, 1.165) is 44.4 Å². The van der Waals surface area contributed by atoms with Gasteiger partial charge < -0.3 is 9.47 Å². The Morgan fingerprint density at radius 1 is 0.833 bits per heavy atom. The molecule has 1 aliphatic carbocycles. The van der Waals surface area contributed by atoms with E-state index in [4.69, 9.17) is 9.47 Å². The molecule has 0 bridgehead atoms. The van der Waals surface area contributed by atoms with Gasteiger partial charge in [0.25, 0.3) is 0 Å². The largest absolute Gasteiger partial charge is 0.465 e. The average molecular weight is 341 g/mol. The lowest BCUT2D eigenvalue weighted by Gasteiger charge is -2.26. The van der Waals surface area contributed by atoms with Gasteiger partial charge in [0.05, 0.1) is 24.5 Å². The molecule has 140 valence electrons. The van der Waals surface area contributed by atoms with Crippen molar-refractivity contribution in [3.05, 3.63) is 0 Å². The van der Waals surface area contributed by atoms with Crippen LogP contribution in [0.5, 0.6) is 0 Å². The molecule has 0 aliphatic heterocycles. The summed E-state index contributed by atoms with van der Waals surface area (Å²) in [5, 5.41) is 0. The zero-order chi connectivity index (χ0) is 17.9. The molecule has 0 aromatic heterocycles. The molecule has 0 heterocycles. The monoisotopic (exact) mass is 340 g/mol. The van der Waals surface area contributed by atoms with Gasteiger partial charge in [-0.1, -0.05) is 39.5 Å². The molecule has 0 saturated heterocycles. The summed E-state index contributed by atoms with van der Waals surface area (Å²) < 4.78 is 10.7. The third kappa shape index (κ3) is 8.70. The third-order valence-corrected chi connectivity index (χ3v) is 4.67. The van der Waals surface area contributed by atoms with Crippen LogP contribution in [-0.4, -0.2) is 24.6 Å². The predicted octanol–water partition coefficient (Wildman–Crippen LogP) is 4.89. The second-order valence-electron chi connectivity index (χ2n) is 7.80. The maximum absolute atomic E-state index is 12.1. The van der Waals surface area contributed by atoms with Gasteiger partial charge >= 0.3 is 11.9 Å². The Labute approximate surface area is 147 Å². The van der Waals surface area contributed by atoms with Crippen LogP contribution >= 0.6 is 0 Å². The first kappa shape index (κ1) is 21.0. The van der Waals surface area contributed by atoms with E-state index in [-0.39, 0.29) is 29.9 Å². The third-order valence-electron chi connectivity index (χ3n) is 4.67. The fourth-order valence-electron chi connectivity index (χ4n) is 3.19. The molecule has 0 aromatic rings. The number of esters is 2. The average Bonchev–Trinajstić information content (AvgIpc) is 2.53. The number of unbranched alkanes of at least 4 members (excludes halogenated alkanes) is 3. The second kappa shape index (κ2) is 11.5. The van der Waals surface area contributed by atoms with E-state index >= 15 is 0 Å². The summed E-state index contributed by atoms with van der Waals surface area (Å²) in [6, 6.07) is 0. The highest BCUT2D eigenvalue weighted by Crippen LogP contribution is 2.30. The zero-order valence-corrected chi connectivity index (χ0v) is 16.0. The Morgan fingerprint density at radius 3 is 1.92 bits per heavy atom. The first-order valence-corrected chi connectivity index (χ1v) is 9.77. The van der Waals surface area contributed by atoms with Crippen LogP contribution < -0.4 is 0 Å². The Morgan fingerprint density at radius 2 is 1.38 bits per heavy atom. The van der Waals surface area contributed by atoms with Crippen LogP contribution in [-0.2, 0) is 19.1 Å². The minimum Gasteiger partial charge on any atom is -0.465 e. The van der Waals surface area contributed by atoms with Gasteiger partial charge in [0.2, 0.25) is 0 Å². The highest BCUT2D eigenvalue weighted by Gasteiger charge is 2.31. The molecule has 0 spiro atoms. The van der Waals surface area contributed by atoms with Crippen molar-refractivity contribution in [1.29, 1.82) is 0 Å². The van der Waals surface area contributed by atoms with Crippen LogP contribution in [0.3, 0.4) is 0 Å².